The maximum absolute atomic E-state index is 12.3. The molecule has 0 aromatic rings. The third-order valence-electron chi connectivity index (χ3n) is 3.54. The molecule has 1 aliphatic heterocycles. The molecule has 1 aliphatic rings. The van der Waals surface area contributed by atoms with Crippen molar-refractivity contribution in [2.45, 2.75) is 51.9 Å². The molecule has 0 aromatic carbocycles. The van der Waals surface area contributed by atoms with Crippen molar-refractivity contribution >= 4 is 5.91 Å². The number of aliphatic hydroxyl groups excluding tert-OH is 1. The van der Waals surface area contributed by atoms with E-state index in [1.807, 2.05) is 27.7 Å². The summed E-state index contributed by atoms with van der Waals surface area (Å²) in [5.74, 6) is 0.121. The van der Waals surface area contributed by atoms with Crippen LogP contribution in [-0.4, -0.2) is 53.4 Å². The van der Waals surface area contributed by atoms with Crippen LogP contribution in [0, 0.1) is 5.92 Å². The molecular formula is C13H26N2O3. The molecule has 106 valence electrons. The van der Waals surface area contributed by atoms with E-state index >= 15 is 0 Å². The van der Waals surface area contributed by atoms with Gasteiger partial charge in [-0.2, -0.15) is 0 Å². The lowest BCUT2D eigenvalue weighted by Crippen LogP contribution is -2.59. The van der Waals surface area contributed by atoms with Crippen LogP contribution >= 0.6 is 0 Å². The molecule has 0 aliphatic carbocycles. The Kier molecular flexibility index (Phi) is 5.13. The van der Waals surface area contributed by atoms with Gasteiger partial charge in [0.05, 0.1) is 24.4 Å². The van der Waals surface area contributed by atoms with E-state index in [0.717, 1.165) is 6.42 Å². The summed E-state index contributed by atoms with van der Waals surface area (Å²) in [5, 5.41) is 9.22. The molecule has 1 fully saturated rings. The number of ether oxygens (including phenoxy) is 1. The van der Waals surface area contributed by atoms with Crippen molar-refractivity contribution in [3.05, 3.63) is 0 Å². The average molecular weight is 258 g/mol. The maximum Gasteiger partial charge on any atom is 0.239 e. The molecule has 5 heteroatoms. The summed E-state index contributed by atoms with van der Waals surface area (Å²) >= 11 is 0. The van der Waals surface area contributed by atoms with E-state index in [0.29, 0.717) is 13.1 Å². The number of rotatable bonds is 4. The van der Waals surface area contributed by atoms with Crippen LogP contribution in [0.25, 0.3) is 0 Å². The average Bonchev–Trinajstić information content (AvgIpc) is 2.33. The number of hydrogen-bond donors (Lipinski definition) is 2. The van der Waals surface area contributed by atoms with Gasteiger partial charge in [0.15, 0.2) is 0 Å². The molecule has 1 rings (SSSR count). The van der Waals surface area contributed by atoms with Gasteiger partial charge in [-0.3, -0.25) is 4.79 Å². The fraction of sp³-hybridized carbons (Fsp3) is 0.923. The number of amides is 1. The first-order valence-corrected chi connectivity index (χ1v) is 6.63. The SMILES string of the molecule is CCC(C)C(N)C(=O)N1CC(CO)OC(C)(C)C1. The van der Waals surface area contributed by atoms with Gasteiger partial charge in [-0.15, -0.1) is 0 Å². The van der Waals surface area contributed by atoms with Crippen LogP contribution in [0.4, 0.5) is 0 Å². The largest absolute Gasteiger partial charge is 0.394 e. The van der Waals surface area contributed by atoms with Gasteiger partial charge in [0.1, 0.15) is 0 Å². The van der Waals surface area contributed by atoms with Gasteiger partial charge in [0.2, 0.25) is 5.91 Å². The highest BCUT2D eigenvalue weighted by Crippen LogP contribution is 2.22. The second-order valence-electron chi connectivity index (χ2n) is 5.81. The zero-order valence-corrected chi connectivity index (χ0v) is 11.8. The Hall–Kier alpha value is -0.650. The number of morpholine rings is 1. The summed E-state index contributed by atoms with van der Waals surface area (Å²) in [4.78, 5) is 14.0. The topological polar surface area (TPSA) is 75.8 Å². The normalized spacial score (nSPS) is 26.8. The number of nitrogens with two attached hydrogens (primary N) is 1. The Morgan fingerprint density at radius 1 is 1.61 bits per heavy atom. The number of carbonyl (C=O) groups excluding carboxylic acids is 1. The van der Waals surface area contributed by atoms with Gasteiger partial charge in [0.25, 0.3) is 0 Å². The van der Waals surface area contributed by atoms with E-state index in [2.05, 4.69) is 0 Å². The number of hydrogen-bond acceptors (Lipinski definition) is 4. The van der Waals surface area contributed by atoms with E-state index in [9.17, 15) is 9.90 Å². The van der Waals surface area contributed by atoms with E-state index in [1.165, 1.54) is 0 Å². The molecule has 0 radical (unpaired) electrons. The minimum absolute atomic E-state index is 0.0424. The third kappa shape index (κ3) is 3.67. The lowest BCUT2D eigenvalue weighted by molar-refractivity contribution is -0.168. The molecule has 5 nitrogen and oxygen atoms in total. The zero-order chi connectivity index (χ0) is 13.9. The first kappa shape index (κ1) is 15.4. The van der Waals surface area contributed by atoms with E-state index in [1.54, 1.807) is 4.90 Å². The van der Waals surface area contributed by atoms with Gasteiger partial charge in [0, 0.05) is 13.1 Å². The molecule has 1 heterocycles. The highest BCUT2D eigenvalue weighted by Gasteiger charge is 2.37. The smallest absolute Gasteiger partial charge is 0.239 e. The van der Waals surface area contributed by atoms with Gasteiger partial charge in [-0.05, 0) is 19.8 Å². The minimum Gasteiger partial charge on any atom is -0.394 e. The van der Waals surface area contributed by atoms with Crippen LogP contribution in [0.15, 0.2) is 0 Å². The fourth-order valence-electron chi connectivity index (χ4n) is 2.27. The molecule has 0 spiro atoms. The molecule has 3 N–H and O–H groups in total. The van der Waals surface area contributed by atoms with Crippen molar-refractivity contribution in [3.63, 3.8) is 0 Å². The first-order valence-electron chi connectivity index (χ1n) is 6.63. The van der Waals surface area contributed by atoms with Crippen LogP contribution in [-0.2, 0) is 9.53 Å². The monoisotopic (exact) mass is 258 g/mol. The van der Waals surface area contributed by atoms with Crippen molar-refractivity contribution in [2.75, 3.05) is 19.7 Å². The van der Waals surface area contributed by atoms with Gasteiger partial charge in [-0.1, -0.05) is 20.3 Å². The lowest BCUT2D eigenvalue weighted by atomic mass is 9.97. The second-order valence-corrected chi connectivity index (χ2v) is 5.81. The van der Waals surface area contributed by atoms with Gasteiger partial charge < -0.3 is 20.5 Å². The predicted octanol–water partition coefficient (Wildman–Crippen LogP) is 0.358. The molecule has 1 saturated heterocycles. The Labute approximate surface area is 109 Å². The van der Waals surface area contributed by atoms with E-state index in [4.69, 9.17) is 10.5 Å². The maximum atomic E-state index is 12.3. The van der Waals surface area contributed by atoms with Crippen LogP contribution in [0.1, 0.15) is 34.1 Å². The molecule has 3 atom stereocenters. The van der Waals surface area contributed by atoms with Gasteiger partial charge >= 0.3 is 0 Å². The Morgan fingerprint density at radius 3 is 2.72 bits per heavy atom. The zero-order valence-electron chi connectivity index (χ0n) is 11.8. The Balaban J connectivity index is 2.72. The second kappa shape index (κ2) is 5.99. The summed E-state index contributed by atoms with van der Waals surface area (Å²) in [6.45, 7) is 8.71. The molecule has 1 amide bonds. The highest BCUT2D eigenvalue weighted by molar-refractivity contribution is 5.82. The first-order chi connectivity index (χ1) is 8.30. The Morgan fingerprint density at radius 2 is 2.22 bits per heavy atom. The third-order valence-corrected chi connectivity index (χ3v) is 3.54. The fourth-order valence-corrected chi connectivity index (χ4v) is 2.27. The minimum atomic E-state index is -0.469. The highest BCUT2D eigenvalue weighted by atomic mass is 16.5. The summed E-state index contributed by atoms with van der Waals surface area (Å²) in [5.41, 5.74) is 5.55. The van der Waals surface area contributed by atoms with Gasteiger partial charge in [-0.25, -0.2) is 0 Å². The van der Waals surface area contributed by atoms with Crippen molar-refractivity contribution in [1.29, 1.82) is 0 Å². The van der Waals surface area contributed by atoms with E-state index in [-0.39, 0.29) is 24.5 Å². The summed E-state index contributed by atoms with van der Waals surface area (Å²) in [7, 11) is 0. The molecular weight excluding hydrogens is 232 g/mol. The summed E-state index contributed by atoms with van der Waals surface area (Å²) in [6.07, 6.45) is 0.561. The van der Waals surface area contributed by atoms with Crippen LogP contribution in [0.3, 0.4) is 0 Å². The quantitative estimate of drug-likeness (QED) is 0.763. The van der Waals surface area contributed by atoms with Crippen LogP contribution in [0.2, 0.25) is 0 Å². The molecule has 0 saturated carbocycles. The molecule has 3 unspecified atom stereocenters. The molecule has 18 heavy (non-hydrogen) atoms. The number of nitrogens with zero attached hydrogens (tertiary/aromatic N) is 1. The van der Waals surface area contributed by atoms with Crippen LogP contribution in [0.5, 0.6) is 0 Å². The number of aliphatic hydroxyl groups is 1. The molecule has 0 bridgehead atoms. The Bertz CT molecular complexity index is 294. The van der Waals surface area contributed by atoms with Crippen molar-refractivity contribution in [2.24, 2.45) is 11.7 Å². The standard InChI is InChI=1S/C13H26N2O3/c1-5-9(2)11(14)12(17)15-6-10(7-16)18-13(3,4)8-15/h9-11,16H,5-8,14H2,1-4H3. The lowest BCUT2D eigenvalue weighted by Gasteiger charge is -2.43. The summed E-state index contributed by atoms with van der Waals surface area (Å²) in [6, 6.07) is -0.469. The predicted molar refractivity (Wildman–Crippen MR) is 70.0 cm³/mol. The summed E-state index contributed by atoms with van der Waals surface area (Å²) < 4.78 is 5.69. The van der Waals surface area contributed by atoms with Crippen molar-refractivity contribution < 1.29 is 14.6 Å². The van der Waals surface area contributed by atoms with E-state index < -0.39 is 11.6 Å². The van der Waals surface area contributed by atoms with Crippen LogP contribution < -0.4 is 5.73 Å². The van der Waals surface area contributed by atoms with Crippen molar-refractivity contribution in [1.82, 2.24) is 4.90 Å². The van der Waals surface area contributed by atoms with Crippen molar-refractivity contribution in [3.8, 4) is 0 Å². The number of carbonyl (C=O) groups is 1. The molecule has 0 aromatic heterocycles.